The van der Waals surface area contributed by atoms with Crippen LogP contribution in [0.5, 0.6) is 0 Å². The summed E-state index contributed by atoms with van der Waals surface area (Å²) >= 11 is 3.63. The Bertz CT molecular complexity index is 168. The summed E-state index contributed by atoms with van der Waals surface area (Å²) < 4.78 is 0. The van der Waals surface area contributed by atoms with Gasteiger partial charge in [0, 0.05) is 17.9 Å². The fourth-order valence-corrected chi connectivity index (χ4v) is 2.71. The third kappa shape index (κ3) is 1.20. The fraction of sp³-hybridized carbons (Fsp3) is 0.286. The second-order valence-electron chi connectivity index (χ2n) is 2.20. The molecule has 2 atom stereocenters. The van der Waals surface area contributed by atoms with E-state index in [4.69, 9.17) is 0 Å². The molecule has 0 aliphatic carbocycles. The van der Waals surface area contributed by atoms with Crippen LogP contribution in [0.15, 0.2) is 23.1 Å². The molecule has 2 aliphatic rings. The van der Waals surface area contributed by atoms with Crippen LogP contribution in [0.3, 0.4) is 0 Å². The average Bonchev–Trinajstić information content (AvgIpc) is 2.59. The van der Waals surface area contributed by atoms with E-state index >= 15 is 0 Å². The van der Waals surface area contributed by atoms with Gasteiger partial charge in [-0.05, 0) is 10.8 Å². The SMILES string of the molecule is [CH]1SC=CC1C1NC=CS1. The molecule has 1 N–H and O–H groups in total. The molecule has 53 valence electrons. The van der Waals surface area contributed by atoms with Gasteiger partial charge in [0.15, 0.2) is 0 Å². The molecule has 10 heavy (non-hydrogen) atoms. The number of hydrogen-bond acceptors (Lipinski definition) is 3. The summed E-state index contributed by atoms with van der Waals surface area (Å²) in [7, 11) is 0. The Labute approximate surface area is 69.3 Å². The van der Waals surface area contributed by atoms with Gasteiger partial charge in [-0.25, -0.2) is 0 Å². The molecule has 0 spiro atoms. The molecule has 2 rings (SSSR count). The first-order valence-electron chi connectivity index (χ1n) is 3.19. The molecular formula is C7H8NS2. The number of nitrogens with one attached hydrogen (secondary N) is 1. The van der Waals surface area contributed by atoms with Crippen molar-refractivity contribution < 1.29 is 0 Å². The van der Waals surface area contributed by atoms with Gasteiger partial charge in [0.05, 0.1) is 5.37 Å². The molecule has 1 radical (unpaired) electrons. The second-order valence-corrected chi connectivity index (χ2v) is 4.07. The van der Waals surface area contributed by atoms with Gasteiger partial charge in [-0.1, -0.05) is 6.08 Å². The highest BCUT2D eigenvalue weighted by atomic mass is 32.2. The van der Waals surface area contributed by atoms with E-state index in [1.54, 1.807) is 11.8 Å². The summed E-state index contributed by atoms with van der Waals surface area (Å²) in [5, 5.41) is 8.08. The van der Waals surface area contributed by atoms with Crippen molar-refractivity contribution in [2.24, 2.45) is 5.92 Å². The highest BCUT2D eigenvalue weighted by Crippen LogP contribution is 2.34. The van der Waals surface area contributed by atoms with E-state index in [0.29, 0.717) is 11.3 Å². The first-order chi connectivity index (χ1) is 4.97. The summed E-state index contributed by atoms with van der Waals surface area (Å²) in [6.45, 7) is 0. The molecule has 0 saturated carbocycles. The van der Waals surface area contributed by atoms with Gasteiger partial charge >= 0.3 is 0 Å². The molecule has 2 aliphatic heterocycles. The molecule has 0 amide bonds. The van der Waals surface area contributed by atoms with Crippen molar-refractivity contribution in [2.45, 2.75) is 5.37 Å². The summed E-state index contributed by atoms with van der Waals surface area (Å²) in [6, 6.07) is 0. The predicted molar refractivity (Wildman–Crippen MR) is 48.2 cm³/mol. The maximum atomic E-state index is 3.29. The third-order valence-electron chi connectivity index (χ3n) is 1.52. The van der Waals surface area contributed by atoms with Gasteiger partial charge in [0.1, 0.15) is 0 Å². The van der Waals surface area contributed by atoms with Crippen molar-refractivity contribution in [2.75, 3.05) is 0 Å². The predicted octanol–water partition coefficient (Wildman–Crippen LogP) is 2.16. The van der Waals surface area contributed by atoms with Crippen LogP contribution in [0.25, 0.3) is 0 Å². The smallest absolute Gasteiger partial charge is 0.0833 e. The van der Waals surface area contributed by atoms with Crippen LogP contribution in [-0.4, -0.2) is 5.37 Å². The van der Waals surface area contributed by atoms with E-state index in [1.807, 2.05) is 18.0 Å². The topological polar surface area (TPSA) is 12.0 Å². The van der Waals surface area contributed by atoms with Gasteiger partial charge in [0.2, 0.25) is 0 Å². The first kappa shape index (κ1) is 6.68. The minimum atomic E-state index is 0.547. The Balaban J connectivity index is 1.93. The van der Waals surface area contributed by atoms with Gasteiger partial charge < -0.3 is 5.32 Å². The van der Waals surface area contributed by atoms with Crippen LogP contribution in [0.4, 0.5) is 0 Å². The normalized spacial score (nSPS) is 36.8. The van der Waals surface area contributed by atoms with E-state index in [2.05, 4.69) is 28.0 Å². The minimum absolute atomic E-state index is 0.547. The Morgan fingerprint density at radius 2 is 2.30 bits per heavy atom. The average molecular weight is 170 g/mol. The Morgan fingerprint density at radius 3 is 2.90 bits per heavy atom. The molecule has 0 fully saturated rings. The van der Waals surface area contributed by atoms with Crippen LogP contribution in [0.2, 0.25) is 0 Å². The number of thioether (sulfide) groups is 2. The summed E-state index contributed by atoms with van der Waals surface area (Å²) in [6.07, 6.45) is 4.25. The van der Waals surface area contributed by atoms with Crippen LogP contribution in [0, 0.1) is 11.7 Å². The zero-order chi connectivity index (χ0) is 6.81. The Kier molecular flexibility index (Phi) is 1.95. The maximum absolute atomic E-state index is 3.29. The van der Waals surface area contributed by atoms with Crippen molar-refractivity contribution in [3.63, 3.8) is 0 Å². The lowest BCUT2D eigenvalue weighted by Gasteiger charge is -2.14. The van der Waals surface area contributed by atoms with Crippen LogP contribution in [0.1, 0.15) is 0 Å². The van der Waals surface area contributed by atoms with Crippen molar-refractivity contribution in [1.29, 1.82) is 0 Å². The third-order valence-corrected chi connectivity index (χ3v) is 3.34. The van der Waals surface area contributed by atoms with Crippen molar-refractivity contribution >= 4 is 23.5 Å². The molecule has 2 unspecified atom stereocenters. The lowest BCUT2D eigenvalue weighted by Crippen LogP contribution is -2.23. The van der Waals surface area contributed by atoms with E-state index in [1.165, 1.54) is 0 Å². The van der Waals surface area contributed by atoms with Crippen LogP contribution in [-0.2, 0) is 0 Å². The molecule has 3 heteroatoms. The largest absolute Gasteiger partial charge is 0.378 e. The van der Waals surface area contributed by atoms with E-state index in [-0.39, 0.29) is 0 Å². The van der Waals surface area contributed by atoms with Crippen molar-refractivity contribution in [1.82, 2.24) is 5.32 Å². The monoisotopic (exact) mass is 170 g/mol. The molecular weight excluding hydrogens is 162 g/mol. The van der Waals surface area contributed by atoms with Gasteiger partial charge in [-0.2, -0.15) is 0 Å². The zero-order valence-corrected chi connectivity index (χ0v) is 6.99. The lowest BCUT2D eigenvalue weighted by atomic mass is 10.2. The Hall–Kier alpha value is -0.0200. The lowest BCUT2D eigenvalue weighted by molar-refractivity contribution is 0.680. The maximum Gasteiger partial charge on any atom is 0.0833 e. The first-order valence-corrected chi connectivity index (χ1v) is 5.07. The fourth-order valence-electron chi connectivity index (χ4n) is 0.989. The summed E-state index contributed by atoms with van der Waals surface area (Å²) in [5.41, 5.74) is 0. The van der Waals surface area contributed by atoms with E-state index < -0.39 is 0 Å². The highest BCUT2D eigenvalue weighted by Gasteiger charge is 2.22. The zero-order valence-electron chi connectivity index (χ0n) is 5.36. The quantitative estimate of drug-likeness (QED) is 0.647. The van der Waals surface area contributed by atoms with Crippen molar-refractivity contribution in [3.8, 4) is 0 Å². The number of hydrogen-bond donors (Lipinski definition) is 1. The molecule has 0 aromatic carbocycles. The molecule has 0 bridgehead atoms. The standard InChI is InChI=1S/C7H8NS2/c1-3-9-5-6(1)7-8-2-4-10-7/h1-8H. The second kappa shape index (κ2) is 2.93. The molecule has 1 nitrogen and oxygen atoms in total. The van der Waals surface area contributed by atoms with Gasteiger partial charge in [-0.3, -0.25) is 0 Å². The Morgan fingerprint density at radius 1 is 1.30 bits per heavy atom. The summed E-state index contributed by atoms with van der Waals surface area (Å²) in [5.74, 6) is 2.86. The minimum Gasteiger partial charge on any atom is -0.378 e. The van der Waals surface area contributed by atoms with Gasteiger partial charge in [-0.15, -0.1) is 23.5 Å². The molecule has 0 aromatic heterocycles. The molecule has 2 heterocycles. The number of rotatable bonds is 1. The molecule has 0 saturated heterocycles. The van der Waals surface area contributed by atoms with Crippen LogP contribution < -0.4 is 5.32 Å². The van der Waals surface area contributed by atoms with Crippen LogP contribution >= 0.6 is 23.5 Å². The van der Waals surface area contributed by atoms with E-state index in [9.17, 15) is 0 Å². The van der Waals surface area contributed by atoms with Crippen molar-refractivity contribution in [3.05, 3.63) is 28.8 Å². The van der Waals surface area contributed by atoms with E-state index in [0.717, 1.165) is 0 Å². The molecule has 0 aromatic rings. The van der Waals surface area contributed by atoms with Gasteiger partial charge in [0.25, 0.3) is 0 Å². The summed E-state index contributed by atoms with van der Waals surface area (Å²) in [4.78, 5) is 0. The highest BCUT2D eigenvalue weighted by molar-refractivity contribution is 8.04.